The number of aromatic nitrogens is 1. The Morgan fingerprint density at radius 1 is 1.10 bits per heavy atom. The van der Waals surface area contributed by atoms with E-state index in [0.717, 1.165) is 35.8 Å². The Labute approximate surface area is 196 Å². The Bertz CT molecular complexity index is 787. The summed E-state index contributed by atoms with van der Waals surface area (Å²) < 4.78 is 16.4. The number of rotatable bonds is 11. The van der Waals surface area contributed by atoms with E-state index in [4.69, 9.17) is 14.2 Å². The highest BCUT2D eigenvalue weighted by Crippen LogP contribution is 2.20. The first kappa shape index (κ1) is 26.0. The van der Waals surface area contributed by atoms with Crippen LogP contribution in [0.4, 0.5) is 0 Å². The molecule has 0 aliphatic heterocycles. The Hall–Kier alpha value is -2.07. The quantitative estimate of drug-likeness (QED) is 0.201. The fourth-order valence-corrected chi connectivity index (χ4v) is 2.74. The summed E-state index contributed by atoms with van der Waals surface area (Å²) in [5.74, 6) is 2.21. The molecule has 0 bridgehead atoms. The zero-order valence-electron chi connectivity index (χ0n) is 18.2. The smallest absolute Gasteiger partial charge is 0.218 e. The van der Waals surface area contributed by atoms with Crippen LogP contribution in [0.1, 0.15) is 30.0 Å². The largest absolute Gasteiger partial charge is 0.493 e. The van der Waals surface area contributed by atoms with Crippen LogP contribution in [0.15, 0.2) is 41.5 Å². The van der Waals surface area contributed by atoms with Gasteiger partial charge < -0.3 is 24.8 Å². The number of guanidine groups is 1. The maximum Gasteiger partial charge on any atom is 0.218 e. The maximum absolute atomic E-state index is 5.97. The van der Waals surface area contributed by atoms with Gasteiger partial charge in [0.2, 0.25) is 5.88 Å². The van der Waals surface area contributed by atoms with Crippen molar-refractivity contribution in [3.8, 4) is 11.6 Å². The molecular formula is C22H33IN4O3. The molecule has 0 unspecified atom stereocenters. The maximum atomic E-state index is 5.97. The zero-order valence-corrected chi connectivity index (χ0v) is 20.6. The molecule has 1 aromatic heterocycles. The van der Waals surface area contributed by atoms with E-state index < -0.39 is 0 Å². The number of aryl methyl sites for hydroxylation is 1. The minimum atomic E-state index is 0. The molecule has 0 saturated carbocycles. The summed E-state index contributed by atoms with van der Waals surface area (Å²) in [6, 6.07) is 10.1. The van der Waals surface area contributed by atoms with Gasteiger partial charge in [0.15, 0.2) is 5.96 Å². The van der Waals surface area contributed by atoms with Crippen LogP contribution in [0.5, 0.6) is 11.6 Å². The molecule has 1 aromatic carbocycles. The van der Waals surface area contributed by atoms with Crippen LogP contribution in [-0.4, -0.2) is 44.9 Å². The third-order valence-corrected chi connectivity index (χ3v) is 4.21. The van der Waals surface area contributed by atoms with Gasteiger partial charge in [-0.15, -0.1) is 24.0 Å². The normalized spacial score (nSPS) is 10.9. The molecule has 0 fully saturated rings. The molecule has 2 aromatic rings. The van der Waals surface area contributed by atoms with Crippen LogP contribution >= 0.6 is 24.0 Å². The van der Waals surface area contributed by atoms with Crippen LogP contribution in [0.2, 0.25) is 0 Å². The molecule has 2 N–H and O–H groups in total. The topological polar surface area (TPSA) is 77.0 Å². The molecule has 0 aliphatic carbocycles. The molecule has 0 amide bonds. The van der Waals surface area contributed by atoms with E-state index in [9.17, 15) is 0 Å². The summed E-state index contributed by atoms with van der Waals surface area (Å²) in [5, 5.41) is 6.65. The van der Waals surface area contributed by atoms with Crippen LogP contribution in [0.3, 0.4) is 0 Å². The molecule has 0 saturated heterocycles. The van der Waals surface area contributed by atoms with Gasteiger partial charge in [-0.05, 0) is 31.5 Å². The molecule has 0 spiro atoms. The third-order valence-electron chi connectivity index (χ3n) is 4.21. The number of hydrogen-bond donors (Lipinski definition) is 2. The number of pyridine rings is 1. The number of methoxy groups -OCH3 is 2. The minimum absolute atomic E-state index is 0. The van der Waals surface area contributed by atoms with E-state index >= 15 is 0 Å². The van der Waals surface area contributed by atoms with Gasteiger partial charge in [-0.3, -0.25) is 0 Å². The van der Waals surface area contributed by atoms with Crippen molar-refractivity contribution in [2.24, 2.45) is 4.99 Å². The summed E-state index contributed by atoms with van der Waals surface area (Å²) >= 11 is 0. The zero-order chi connectivity index (χ0) is 20.9. The fraction of sp³-hybridized carbons (Fsp3) is 0.455. The van der Waals surface area contributed by atoms with Gasteiger partial charge in [0.25, 0.3) is 0 Å². The van der Waals surface area contributed by atoms with Crippen molar-refractivity contribution in [1.29, 1.82) is 0 Å². The molecule has 1 heterocycles. The Morgan fingerprint density at radius 2 is 1.93 bits per heavy atom. The standard InChI is InChI=1S/C22H32N4O3.HI/c1-5-23-22(26-16-19-8-6-11-24-21(19)28-4)25-15-18-10-9-17(2)14-20(18)29-13-7-12-27-3;/h6,8-11,14H,5,7,12-13,15-16H2,1-4H3,(H2,23,25,26);1H. The number of halogens is 1. The van der Waals surface area contributed by atoms with Crippen molar-refractivity contribution in [3.63, 3.8) is 0 Å². The van der Waals surface area contributed by atoms with Crippen LogP contribution < -0.4 is 20.1 Å². The Balaban J connectivity index is 0.00000450. The predicted octanol–water partition coefficient (Wildman–Crippen LogP) is 3.69. The van der Waals surface area contributed by atoms with Crippen molar-refractivity contribution in [2.45, 2.75) is 33.4 Å². The summed E-state index contributed by atoms with van der Waals surface area (Å²) in [5.41, 5.74) is 3.18. The van der Waals surface area contributed by atoms with Crippen molar-refractivity contribution in [1.82, 2.24) is 15.6 Å². The molecule has 30 heavy (non-hydrogen) atoms. The fourth-order valence-electron chi connectivity index (χ4n) is 2.74. The first-order valence-electron chi connectivity index (χ1n) is 9.89. The number of nitrogens with zero attached hydrogens (tertiary/aromatic N) is 2. The summed E-state index contributed by atoms with van der Waals surface area (Å²) in [6.45, 7) is 7.26. The highest BCUT2D eigenvalue weighted by atomic mass is 127. The lowest BCUT2D eigenvalue weighted by molar-refractivity contribution is 0.172. The molecule has 7 nitrogen and oxygen atoms in total. The predicted molar refractivity (Wildman–Crippen MR) is 131 cm³/mol. The van der Waals surface area contributed by atoms with E-state index in [-0.39, 0.29) is 24.0 Å². The second-order valence-corrected chi connectivity index (χ2v) is 6.53. The SMILES string of the molecule is CCNC(=NCc1cccnc1OC)NCc1ccc(C)cc1OCCCOC.I. The van der Waals surface area contributed by atoms with E-state index in [2.05, 4.69) is 45.7 Å². The first-order valence-corrected chi connectivity index (χ1v) is 9.89. The van der Waals surface area contributed by atoms with E-state index in [0.29, 0.717) is 32.2 Å². The van der Waals surface area contributed by atoms with Crippen LogP contribution in [0, 0.1) is 6.92 Å². The number of ether oxygens (including phenoxy) is 3. The van der Waals surface area contributed by atoms with Crippen LogP contribution in [0.25, 0.3) is 0 Å². The average Bonchev–Trinajstić information content (AvgIpc) is 2.74. The third kappa shape index (κ3) is 8.74. The van der Waals surface area contributed by atoms with Crippen LogP contribution in [-0.2, 0) is 17.8 Å². The molecular weight excluding hydrogens is 495 g/mol. The monoisotopic (exact) mass is 528 g/mol. The van der Waals surface area contributed by atoms with E-state index in [1.165, 1.54) is 5.56 Å². The van der Waals surface area contributed by atoms with Crippen molar-refractivity contribution < 1.29 is 14.2 Å². The van der Waals surface area contributed by atoms with Gasteiger partial charge in [-0.25, -0.2) is 9.98 Å². The van der Waals surface area contributed by atoms with Gasteiger partial charge in [-0.2, -0.15) is 0 Å². The first-order chi connectivity index (χ1) is 14.2. The van der Waals surface area contributed by atoms with Gasteiger partial charge >= 0.3 is 0 Å². The van der Waals surface area contributed by atoms with Gasteiger partial charge in [0, 0.05) is 50.6 Å². The Morgan fingerprint density at radius 3 is 2.67 bits per heavy atom. The Kier molecular flexibility index (Phi) is 12.8. The lowest BCUT2D eigenvalue weighted by Gasteiger charge is -2.15. The minimum Gasteiger partial charge on any atom is -0.493 e. The van der Waals surface area contributed by atoms with E-state index in [1.54, 1.807) is 20.4 Å². The number of aliphatic imine (C=N–C) groups is 1. The number of benzene rings is 1. The molecule has 8 heteroatoms. The molecule has 2 rings (SSSR count). The lowest BCUT2D eigenvalue weighted by atomic mass is 10.1. The van der Waals surface area contributed by atoms with Gasteiger partial charge in [-0.1, -0.05) is 18.2 Å². The lowest BCUT2D eigenvalue weighted by Crippen LogP contribution is -2.36. The van der Waals surface area contributed by atoms with Crippen molar-refractivity contribution in [2.75, 3.05) is 34.0 Å². The number of hydrogen-bond acceptors (Lipinski definition) is 5. The second kappa shape index (κ2) is 14.8. The van der Waals surface area contributed by atoms with E-state index in [1.807, 2.05) is 19.1 Å². The molecule has 0 radical (unpaired) electrons. The highest BCUT2D eigenvalue weighted by Gasteiger charge is 2.07. The van der Waals surface area contributed by atoms with Gasteiger partial charge in [0.05, 0.1) is 20.3 Å². The second-order valence-electron chi connectivity index (χ2n) is 6.53. The van der Waals surface area contributed by atoms with Gasteiger partial charge in [0.1, 0.15) is 5.75 Å². The summed E-state index contributed by atoms with van der Waals surface area (Å²) in [6.07, 6.45) is 2.56. The highest BCUT2D eigenvalue weighted by molar-refractivity contribution is 14.0. The average molecular weight is 528 g/mol. The summed E-state index contributed by atoms with van der Waals surface area (Å²) in [7, 11) is 3.31. The molecule has 166 valence electrons. The van der Waals surface area contributed by atoms with Crippen molar-refractivity contribution in [3.05, 3.63) is 53.2 Å². The molecule has 0 atom stereocenters. The number of nitrogens with one attached hydrogen (secondary N) is 2. The molecule has 0 aliphatic rings. The van der Waals surface area contributed by atoms with Crippen molar-refractivity contribution >= 4 is 29.9 Å². The summed E-state index contributed by atoms with van der Waals surface area (Å²) in [4.78, 5) is 8.88.